The second-order valence-electron chi connectivity index (χ2n) is 4.61. The average Bonchev–Trinajstić information content (AvgIpc) is 2.42. The minimum absolute atomic E-state index is 0.570. The summed E-state index contributed by atoms with van der Waals surface area (Å²) in [5, 5.41) is 3.31. The fourth-order valence-corrected chi connectivity index (χ4v) is 1.92. The molecule has 1 N–H and O–H groups in total. The van der Waals surface area contributed by atoms with E-state index < -0.39 is 0 Å². The summed E-state index contributed by atoms with van der Waals surface area (Å²) >= 11 is 0. The first-order valence-electron chi connectivity index (χ1n) is 5.34. The predicted octanol–water partition coefficient (Wildman–Crippen LogP) is 2.83. The Morgan fingerprint density at radius 2 is 2.21 bits per heavy atom. The highest BCUT2D eigenvalue weighted by Gasteiger charge is 2.31. The third kappa shape index (κ3) is 1.91. The fraction of sp³-hybridized carbons (Fsp3) is 0.727. The second-order valence-corrected chi connectivity index (χ2v) is 4.61. The first kappa shape index (κ1) is 9.56. The van der Waals surface area contributed by atoms with E-state index in [1.165, 1.54) is 12.8 Å². The van der Waals surface area contributed by atoms with E-state index in [-0.39, 0.29) is 0 Å². The lowest BCUT2D eigenvalue weighted by Gasteiger charge is -2.37. The molecule has 0 bridgehead atoms. The zero-order valence-electron chi connectivity index (χ0n) is 9.08. The number of aromatic nitrogens is 1. The minimum Gasteiger partial charge on any atom is -0.432 e. The van der Waals surface area contributed by atoms with Gasteiger partial charge in [-0.15, -0.1) is 0 Å². The fourth-order valence-electron chi connectivity index (χ4n) is 1.92. The monoisotopic (exact) mass is 194 g/mol. The van der Waals surface area contributed by atoms with E-state index in [0.29, 0.717) is 12.1 Å². The third-order valence-corrected chi connectivity index (χ3v) is 3.06. The Morgan fingerprint density at radius 3 is 2.71 bits per heavy atom. The maximum atomic E-state index is 5.24. The molecule has 1 aromatic rings. The molecule has 0 amide bonds. The van der Waals surface area contributed by atoms with Gasteiger partial charge in [-0.25, -0.2) is 0 Å². The van der Waals surface area contributed by atoms with E-state index in [1.807, 2.05) is 6.92 Å². The number of hydrogen-bond acceptors (Lipinski definition) is 3. The minimum atomic E-state index is 0.570. The smallest absolute Gasteiger partial charge is 0.294 e. The molecule has 14 heavy (non-hydrogen) atoms. The molecule has 1 aliphatic carbocycles. The summed E-state index contributed by atoms with van der Waals surface area (Å²) in [7, 11) is 0. The highest BCUT2D eigenvalue weighted by Crippen LogP contribution is 2.35. The van der Waals surface area contributed by atoms with Gasteiger partial charge in [0.25, 0.3) is 6.01 Å². The van der Waals surface area contributed by atoms with Crippen molar-refractivity contribution in [1.82, 2.24) is 4.98 Å². The van der Waals surface area contributed by atoms with Gasteiger partial charge in [-0.1, -0.05) is 13.8 Å². The normalized spacial score (nSPS) is 26.3. The van der Waals surface area contributed by atoms with Gasteiger partial charge in [0, 0.05) is 6.04 Å². The Labute approximate surface area is 84.9 Å². The lowest BCUT2D eigenvalue weighted by Crippen LogP contribution is -2.37. The molecule has 3 nitrogen and oxygen atoms in total. The van der Waals surface area contributed by atoms with Gasteiger partial charge < -0.3 is 9.73 Å². The van der Waals surface area contributed by atoms with Gasteiger partial charge in [-0.3, -0.25) is 0 Å². The van der Waals surface area contributed by atoms with E-state index in [4.69, 9.17) is 4.42 Å². The van der Waals surface area contributed by atoms with Gasteiger partial charge in [-0.05, 0) is 31.6 Å². The summed E-state index contributed by atoms with van der Waals surface area (Å²) in [6, 6.07) is 1.25. The summed E-state index contributed by atoms with van der Waals surface area (Å²) in [6.07, 6.45) is 4.18. The number of aryl methyl sites for hydroxylation is 1. The maximum Gasteiger partial charge on any atom is 0.294 e. The van der Waals surface area contributed by atoms with Crippen LogP contribution in [0.3, 0.4) is 0 Å². The van der Waals surface area contributed by atoms with Crippen LogP contribution >= 0.6 is 0 Å². The number of rotatable bonds is 3. The van der Waals surface area contributed by atoms with Crippen molar-refractivity contribution in [2.45, 2.75) is 39.7 Å². The van der Waals surface area contributed by atoms with E-state index >= 15 is 0 Å². The number of hydrogen-bond donors (Lipinski definition) is 1. The van der Waals surface area contributed by atoms with Crippen LogP contribution < -0.4 is 5.32 Å². The molecule has 3 heteroatoms. The molecule has 0 aliphatic heterocycles. The van der Waals surface area contributed by atoms with E-state index in [9.17, 15) is 0 Å². The van der Waals surface area contributed by atoms with Crippen LogP contribution in [0.4, 0.5) is 6.01 Å². The van der Waals surface area contributed by atoms with Crippen molar-refractivity contribution in [2.24, 2.45) is 11.8 Å². The number of oxazole rings is 1. The summed E-state index contributed by atoms with van der Waals surface area (Å²) in [4.78, 5) is 4.22. The number of nitrogens with one attached hydrogen (secondary N) is 1. The number of nitrogens with zero attached hydrogens (tertiary/aromatic N) is 1. The molecule has 2 rings (SSSR count). The highest BCUT2D eigenvalue weighted by atomic mass is 16.4. The van der Waals surface area contributed by atoms with Gasteiger partial charge in [0.15, 0.2) is 0 Å². The predicted molar refractivity (Wildman–Crippen MR) is 56.2 cm³/mol. The van der Waals surface area contributed by atoms with Gasteiger partial charge in [-0.2, -0.15) is 4.98 Å². The van der Waals surface area contributed by atoms with Gasteiger partial charge in [0.1, 0.15) is 6.26 Å². The quantitative estimate of drug-likeness (QED) is 0.804. The molecular weight excluding hydrogens is 176 g/mol. The van der Waals surface area contributed by atoms with Crippen LogP contribution in [-0.4, -0.2) is 11.0 Å². The standard InChI is InChI=1S/C11H18N2O/c1-7(2)9-4-10(5-9)13-11-12-8(3)6-14-11/h6-7,9-10H,4-5H2,1-3H3,(H,12,13). The molecule has 0 unspecified atom stereocenters. The molecule has 78 valence electrons. The average molecular weight is 194 g/mol. The molecule has 1 aliphatic rings. The van der Waals surface area contributed by atoms with Crippen LogP contribution in [0, 0.1) is 18.8 Å². The topological polar surface area (TPSA) is 38.1 Å². The highest BCUT2D eigenvalue weighted by molar-refractivity contribution is 5.24. The first-order chi connectivity index (χ1) is 6.65. The Balaban J connectivity index is 1.79. The third-order valence-electron chi connectivity index (χ3n) is 3.06. The molecule has 1 fully saturated rings. The molecule has 0 radical (unpaired) electrons. The Hall–Kier alpha value is -0.990. The molecule has 0 spiro atoms. The van der Waals surface area contributed by atoms with E-state index in [1.54, 1.807) is 6.26 Å². The van der Waals surface area contributed by atoms with Gasteiger partial charge >= 0.3 is 0 Å². The zero-order valence-corrected chi connectivity index (χ0v) is 9.08. The van der Waals surface area contributed by atoms with E-state index in [2.05, 4.69) is 24.1 Å². The summed E-state index contributed by atoms with van der Waals surface area (Å²) in [5.41, 5.74) is 0.937. The number of anilines is 1. The largest absolute Gasteiger partial charge is 0.432 e. The lowest BCUT2D eigenvalue weighted by atomic mass is 9.74. The van der Waals surface area contributed by atoms with Crippen molar-refractivity contribution < 1.29 is 4.42 Å². The van der Waals surface area contributed by atoms with Gasteiger partial charge in [0.2, 0.25) is 0 Å². The molecule has 1 aromatic heterocycles. The summed E-state index contributed by atoms with van der Waals surface area (Å²) < 4.78 is 5.24. The van der Waals surface area contributed by atoms with Crippen LogP contribution in [0.25, 0.3) is 0 Å². The van der Waals surface area contributed by atoms with Crippen LogP contribution in [0.5, 0.6) is 0 Å². The first-order valence-corrected chi connectivity index (χ1v) is 5.34. The van der Waals surface area contributed by atoms with Crippen molar-refractivity contribution in [3.05, 3.63) is 12.0 Å². The van der Waals surface area contributed by atoms with Gasteiger partial charge in [0.05, 0.1) is 5.69 Å². The summed E-state index contributed by atoms with van der Waals surface area (Å²) in [6.45, 7) is 6.51. The Morgan fingerprint density at radius 1 is 1.50 bits per heavy atom. The summed E-state index contributed by atoms with van der Waals surface area (Å²) in [5.74, 6) is 1.68. The zero-order chi connectivity index (χ0) is 10.1. The Kier molecular flexibility index (Phi) is 2.48. The van der Waals surface area contributed by atoms with E-state index in [0.717, 1.165) is 17.5 Å². The Bertz CT molecular complexity index is 300. The van der Waals surface area contributed by atoms with Crippen LogP contribution in [0.1, 0.15) is 32.4 Å². The molecule has 0 aromatic carbocycles. The second kappa shape index (κ2) is 3.64. The molecule has 1 heterocycles. The molecule has 0 saturated heterocycles. The lowest BCUT2D eigenvalue weighted by molar-refractivity contribution is 0.209. The van der Waals surface area contributed by atoms with Crippen LogP contribution in [-0.2, 0) is 0 Å². The molecule has 0 atom stereocenters. The molecule has 1 saturated carbocycles. The maximum absolute atomic E-state index is 5.24. The van der Waals surface area contributed by atoms with Crippen molar-refractivity contribution in [2.75, 3.05) is 5.32 Å². The van der Waals surface area contributed by atoms with Crippen molar-refractivity contribution in [3.63, 3.8) is 0 Å². The van der Waals surface area contributed by atoms with Crippen LogP contribution in [0.2, 0.25) is 0 Å². The van der Waals surface area contributed by atoms with Crippen LogP contribution in [0.15, 0.2) is 10.7 Å². The van der Waals surface area contributed by atoms with Crippen molar-refractivity contribution >= 4 is 6.01 Å². The van der Waals surface area contributed by atoms with Crippen molar-refractivity contribution in [3.8, 4) is 0 Å². The molecular formula is C11H18N2O. The van der Waals surface area contributed by atoms with Crippen molar-refractivity contribution in [1.29, 1.82) is 0 Å². The SMILES string of the molecule is Cc1coc(NC2CC(C(C)C)C2)n1.